The number of anilines is 3. The molecule has 0 N–H and O–H groups in total. The highest BCUT2D eigenvalue weighted by Gasteiger charge is 2.18. The van der Waals surface area contributed by atoms with Crippen molar-refractivity contribution < 1.29 is 4.42 Å². The summed E-state index contributed by atoms with van der Waals surface area (Å²) in [7, 11) is 0. The van der Waals surface area contributed by atoms with Crippen molar-refractivity contribution in [1.29, 1.82) is 0 Å². The van der Waals surface area contributed by atoms with Crippen molar-refractivity contribution in [3.05, 3.63) is 218 Å². The van der Waals surface area contributed by atoms with Crippen LogP contribution < -0.4 is 4.90 Å². The van der Waals surface area contributed by atoms with Gasteiger partial charge >= 0.3 is 0 Å². The van der Waals surface area contributed by atoms with Crippen molar-refractivity contribution in [3.8, 4) is 56.0 Å². The molecule has 0 aliphatic carbocycles. The summed E-state index contributed by atoms with van der Waals surface area (Å²) in [6.45, 7) is 0. The van der Waals surface area contributed by atoms with E-state index in [0.29, 0.717) is 5.89 Å². The Kier molecular flexibility index (Phi) is 8.51. The van der Waals surface area contributed by atoms with Crippen molar-refractivity contribution in [2.45, 2.75) is 0 Å². The first-order valence-electron chi connectivity index (χ1n) is 18.9. The molecule has 10 rings (SSSR count). The molecule has 10 aromatic rings. The van der Waals surface area contributed by atoms with Gasteiger partial charge in [0.25, 0.3) is 0 Å². The number of hydrogen-bond donors (Lipinski definition) is 0. The molecule has 3 nitrogen and oxygen atoms in total. The maximum absolute atomic E-state index is 6.13. The smallest absolute Gasteiger partial charge is 0.227 e. The van der Waals surface area contributed by atoms with Gasteiger partial charge in [-0.15, -0.1) is 0 Å². The standard InChI is InChI=1S/C53H36N2O/c1-4-12-37(13-5-1)39-24-30-46(31-25-39)55(50-19-11-10-18-48(50)42-14-6-2-7-15-42)47-32-26-40(27-33-47)38-20-22-41(23-21-38)44-28-34-49-45(36-44)29-35-51-52(49)54-53(56-51)43-16-8-3-9-17-43/h1-36H. The highest BCUT2D eigenvalue weighted by molar-refractivity contribution is 6.05. The number of hydrogen-bond acceptors (Lipinski definition) is 3. The molecule has 0 saturated carbocycles. The zero-order valence-electron chi connectivity index (χ0n) is 30.6. The molecule has 264 valence electrons. The Balaban J connectivity index is 0.957. The van der Waals surface area contributed by atoms with E-state index >= 15 is 0 Å². The third-order valence-corrected chi connectivity index (χ3v) is 10.5. The average Bonchev–Trinajstić information content (AvgIpc) is 3.73. The predicted molar refractivity (Wildman–Crippen MR) is 233 cm³/mol. The van der Waals surface area contributed by atoms with Crippen molar-refractivity contribution in [3.63, 3.8) is 0 Å². The molecular formula is C53H36N2O. The Morgan fingerprint density at radius 1 is 0.357 bits per heavy atom. The summed E-state index contributed by atoms with van der Waals surface area (Å²) in [6.07, 6.45) is 0. The van der Waals surface area contributed by atoms with E-state index in [4.69, 9.17) is 9.40 Å². The van der Waals surface area contributed by atoms with Gasteiger partial charge in [0.2, 0.25) is 5.89 Å². The van der Waals surface area contributed by atoms with E-state index in [-0.39, 0.29) is 0 Å². The highest BCUT2D eigenvalue weighted by Crippen LogP contribution is 2.42. The van der Waals surface area contributed by atoms with Gasteiger partial charge in [0.15, 0.2) is 5.58 Å². The molecule has 1 heterocycles. The number of nitrogens with zero attached hydrogens (tertiary/aromatic N) is 2. The van der Waals surface area contributed by atoms with Gasteiger partial charge in [-0.2, -0.15) is 0 Å². The van der Waals surface area contributed by atoms with E-state index in [1.807, 2.05) is 36.4 Å². The van der Waals surface area contributed by atoms with Crippen LogP contribution >= 0.6 is 0 Å². The first kappa shape index (κ1) is 33.1. The largest absolute Gasteiger partial charge is 0.436 e. The minimum atomic E-state index is 0.642. The second kappa shape index (κ2) is 14.4. The lowest BCUT2D eigenvalue weighted by Crippen LogP contribution is -2.11. The Bertz CT molecular complexity index is 2920. The molecule has 0 saturated heterocycles. The van der Waals surface area contributed by atoms with Crippen molar-refractivity contribution in [1.82, 2.24) is 4.98 Å². The molecule has 0 fully saturated rings. The molecule has 9 aromatic carbocycles. The van der Waals surface area contributed by atoms with Crippen LogP contribution in [-0.2, 0) is 0 Å². The number of benzene rings is 9. The van der Waals surface area contributed by atoms with Crippen molar-refractivity contribution in [2.24, 2.45) is 0 Å². The van der Waals surface area contributed by atoms with Gasteiger partial charge in [-0.05, 0) is 98.9 Å². The topological polar surface area (TPSA) is 29.3 Å². The summed E-state index contributed by atoms with van der Waals surface area (Å²) in [5.74, 6) is 0.642. The van der Waals surface area contributed by atoms with E-state index in [1.54, 1.807) is 0 Å². The number of para-hydroxylation sites is 1. The molecule has 0 atom stereocenters. The minimum Gasteiger partial charge on any atom is -0.436 e. The zero-order valence-corrected chi connectivity index (χ0v) is 30.6. The van der Waals surface area contributed by atoms with Crippen LogP contribution in [0, 0.1) is 0 Å². The van der Waals surface area contributed by atoms with Gasteiger partial charge in [-0.1, -0.05) is 164 Å². The number of oxazole rings is 1. The Morgan fingerprint density at radius 3 is 1.43 bits per heavy atom. The lowest BCUT2D eigenvalue weighted by atomic mass is 9.97. The maximum atomic E-state index is 6.13. The summed E-state index contributed by atoms with van der Waals surface area (Å²) >= 11 is 0. The lowest BCUT2D eigenvalue weighted by Gasteiger charge is -2.28. The van der Waals surface area contributed by atoms with E-state index < -0.39 is 0 Å². The van der Waals surface area contributed by atoms with E-state index in [9.17, 15) is 0 Å². The Hall–Kier alpha value is -7.49. The number of rotatable bonds is 8. The number of aromatic nitrogens is 1. The summed E-state index contributed by atoms with van der Waals surface area (Å²) < 4.78 is 6.13. The Morgan fingerprint density at radius 2 is 0.821 bits per heavy atom. The van der Waals surface area contributed by atoms with Crippen molar-refractivity contribution in [2.75, 3.05) is 4.90 Å². The van der Waals surface area contributed by atoms with Gasteiger partial charge in [0.05, 0.1) is 5.69 Å². The number of fused-ring (bicyclic) bond motifs is 3. The molecule has 0 unspecified atom stereocenters. The molecule has 0 amide bonds. The molecule has 0 spiro atoms. The lowest BCUT2D eigenvalue weighted by molar-refractivity contribution is 0.620. The fraction of sp³-hybridized carbons (Fsp3) is 0. The second-order valence-electron chi connectivity index (χ2n) is 14.0. The fourth-order valence-electron chi connectivity index (χ4n) is 7.65. The molecule has 3 heteroatoms. The zero-order chi connectivity index (χ0) is 37.3. The normalized spacial score (nSPS) is 11.2. The van der Waals surface area contributed by atoms with E-state index in [0.717, 1.165) is 55.6 Å². The van der Waals surface area contributed by atoms with Crippen LogP contribution in [0.15, 0.2) is 223 Å². The minimum absolute atomic E-state index is 0.642. The van der Waals surface area contributed by atoms with Crippen LogP contribution in [0.25, 0.3) is 77.8 Å². The van der Waals surface area contributed by atoms with E-state index in [1.165, 1.54) is 33.4 Å². The van der Waals surface area contributed by atoms with Crippen LogP contribution in [0.5, 0.6) is 0 Å². The van der Waals surface area contributed by atoms with Gasteiger partial charge in [-0.25, -0.2) is 4.98 Å². The van der Waals surface area contributed by atoms with Crippen LogP contribution in [0.3, 0.4) is 0 Å². The van der Waals surface area contributed by atoms with Crippen LogP contribution in [-0.4, -0.2) is 4.98 Å². The van der Waals surface area contributed by atoms with Gasteiger partial charge in [0, 0.05) is 27.9 Å². The highest BCUT2D eigenvalue weighted by atomic mass is 16.3. The van der Waals surface area contributed by atoms with Gasteiger partial charge in [0.1, 0.15) is 5.52 Å². The summed E-state index contributed by atoms with van der Waals surface area (Å²) in [6, 6.07) is 77.2. The van der Waals surface area contributed by atoms with E-state index in [2.05, 4.69) is 187 Å². The van der Waals surface area contributed by atoms with Crippen LogP contribution in [0.2, 0.25) is 0 Å². The Labute approximate surface area is 326 Å². The quantitative estimate of drug-likeness (QED) is 0.157. The molecule has 0 aliphatic heterocycles. The SMILES string of the molecule is c1ccc(-c2ccc(N(c3ccc(-c4ccc(-c5ccc6c(ccc7oc(-c8ccccc8)nc76)c5)cc4)cc3)c3ccccc3-c3ccccc3)cc2)cc1. The monoisotopic (exact) mass is 716 g/mol. The average molecular weight is 717 g/mol. The molecule has 0 aliphatic rings. The van der Waals surface area contributed by atoms with Gasteiger partial charge < -0.3 is 9.32 Å². The van der Waals surface area contributed by atoms with Crippen LogP contribution in [0.1, 0.15) is 0 Å². The molecule has 0 radical (unpaired) electrons. The summed E-state index contributed by atoms with van der Waals surface area (Å²) in [4.78, 5) is 7.23. The third-order valence-electron chi connectivity index (χ3n) is 10.5. The molecular weight excluding hydrogens is 681 g/mol. The van der Waals surface area contributed by atoms with Crippen molar-refractivity contribution >= 4 is 38.9 Å². The first-order chi connectivity index (χ1) is 27.7. The maximum Gasteiger partial charge on any atom is 0.227 e. The fourth-order valence-corrected chi connectivity index (χ4v) is 7.65. The predicted octanol–water partition coefficient (Wildman–Crippen LogP) is 14.8. The molecule has 0 bridgehead atoms. The molecule has 1 aromatic heterocycles. The second-order valence-corrected chi connectivity index (χ2v) is 14.0. The first-order valence-corrected chi connectivity index (χ1v) is 18.9. The van der Waals surface area contributed by atoms with Crippen LogP contribution in [0.4, 0.5) is 17.1 Å². The summed E-state index contributed by atoms with van der Waals surface area (Å²) in [5.41, 5.74) is 15.4. The van der Waals surface area contributed by atoms with Gasteiger partial charge in [-0.3, -0.25) is 0 Å². The molecule has 56 heavy (non-hydrogen) atoms. The summed E-state index contributed by atoms with van der Waals surface area (Å²) in [5, 5.41) is 2.22. The third kappa shape index (κ3) is 6.31.